The van der Waals surface area contributed by atoms with Crippen LogP contribution in [0.1, 0.15) is 23.2 Å². The number of aromatic nitrogens is 1. The maximum atomic E-state index is 12.5. The molecule has 0 aliphatic rings. The van der Waals surface area contributed by atoms with Crippen LogP contribution in [0.5, 0.6) is 0 Å². The highest BCUT2D eigenvalue weighted by Crippen LogP contribution is 2.29. The fourth-order valence-corrected chi connectivity index (χ4v) is 1.25. The number of aliphatic hydroxyl groups excluding tert-OH is 1. The molecule has 6 heteroatoms. The smallest absolute Gasteiger partial charge is 0.266 e. The molecule has 0 amide bonds. The minimum Gasteiger partial charge on any atom is -0.397 e. The molecule has 78 valence electrons. The summed E-state index contributed by atoms with van der Waals surface area (Å²) in [6.45, 7) is -0.542. The highest BCUT2D eigenvalue weighted by Gasteiger charge is 2.19. The predicted octanol–water partition coefficient (Wildman–Crippen LogP) is 0.552. The first-order valence-electron chi connectivity index (χ1n) is 3.97. The van der Waals surface area contributed by atoms with Gasteiger partial charge in [0.05, 0.1) is 24.2 Å². The molecule has 0 aliphatic carbocycles. The molecule has 0 saturated carbocycles. The molecule has 14 heavy (non-hydrogen) atoms. The van der Waals surface area contributed by atoms with Gasteiger partial charge in [0.1, 0.15) is 0 Å². The molecule has 0 spiro atoms. The van der Waals surface area contributed by atoms with Gasteiger partial charge in [-0.25, -0.2) is 8.78 Å². The lowest BCUT2D eigenvalue weighted by atomic mass is 10.1. The van der Waals surface area contributed by atoms with E-state index in [2.05, 4.69) is 4.98 Å². The molecule has 0 fully saturated rings. The average Bonchev–Trinajstić information content (AvgIpc) is 2.16. The normalized spacial score (nSPS) is 10.9. The van der Waals surface area contributed by atoms with Gasteiger partial charge in [-0.05, 0) is 0 Å². The zero-order chi connectivity index (χ0) is 10.7. The third kappa shape index (κ3) is 1.80. The largest absolute Gasteiger partial charge is 0.397 e. The van der Waals surface area contributed by atoms with E-state index < -0.39 is 13.0 Å². The first-order valence-corrected chi connectivity index (χ1v) is 3.97. The number of alkyl halides is 2. The van der Waals surface area contributed by atoms with Gasteiger partial charge in [-0.1, -0.05) is 0 Å². The minimum absolute atomic E-state index is 0.0994. The van der Waals surface area contributed by atoms with Crippen LogP contribution in [0.3, 0.4) is 0 Å². The standard InChI is InChI=1S/C8H11F2N3O/c9-8(10)7-4(1-11)6(3-14)13-2-5(7)12/h2,8,14H,1,3,11-12H2. The molecule has 4 nitrogen and oxygen atoms in total. The summed E-state index contributed by atoms with van der Waals surface area (Å²) in [5, 5.41) is 8.84. The van der Waals surface area contributed by atoms with Crippen LogP contribution in [0, 0.1) is 0 Å². The molecule has 1 heterocycles. The van der Waals surface area contributed by atoms with Crippen molar-refractivity contribution >= 4 is 5.69 Å². The van der Waals surface area contributed by atoms with Crippen molar-refractivity contribution in [2.24, 2.45) is 5.73 Å². The molecule has 0 atom stereocenters. The molecule has 1 aromatic heterocycles. The Labute approximate surface area is 79.6 Å². The molecule has 0 saturated heterocycles. The molecule has 0 aliphatic heterocycles. The van der Waals surface area contributed by atoms with Crippen LogP contribution in [0.2, 0.25) is 0 Å². The summed E-state index contributed by atoms with van der Waals surface area (Å²) in [6.07, 6.45) is -1.60. The Balaban J connectivity index is 3.35. The van der Waals surface area contributed by atoms with Crippen LogP contribution in [-0.4, -0.2) is 10.1 Å². The molecular weight excluding hydrogens is 192 g/mol. The monoisotopic (exact) mass is 203 g/mol. The Kier molecular flexibility index (Phi) is 3.32. The molecule has 0 unspecified atom stereocenters. The number of nitrogens with two attached hydrogens (primary N) is 2. The summed E-state index contributed by atoms with van der Waals surface area (Å²) in [5.74, 6) is 0. The Morgan fingerprint density at radius 3 is 2.57 bits per heavy atom. The molecule has 0 radical (unpaired) electrons. The van der Waals surface area contributed by atoms with E-state index in [0.717, 1.165) is 6.20 Å². The van der Waals surface area contributed by atoms with Crippen molar-refractivity contribution in [3.05, 3.63) is 23.0 Å². The number of nitrogen functional groups attached to an aromatic ring is 1. The van der Waals surface area contributed by atoms with Crippen molar-refractivity contribution in [2.75, 3.05) is 5.73 Å². The van der Waals surface area contributed by atoms with E-state index >= 15 is 0 Å². The third-order valence-corrected chi connectivity index (χ3v) is 1.92. The molecule has 0 aromatic carbocycles. The zero-order valence-corrected chi connectivity index (χ0v) is 7.37. The van der Waals surface area contributed by atoms with Crippen molar-refractivity contribution in [3.63, 3.8) is 0 Å². The maximum Gasteiger partial charge on any atom is 0.266 e. The van der Waals surface area contributed by atoms with E-state index in [4.69, 9.17) is 16.6 Å². The summed E-state index contributed by atoms with van der Waals surface area (Å²) in [6, 6.07) is 0. The Morgan fingerprint density at radius 1 is 1.50 bits per heavy atom. The number of anilines is 1. The number of rotatable bonds is 3. The van der Waals surface area contributed by atoms with Crippen molar-refractivity contribution in [2.45, 2.75) is 19.6 Å². The summed E-state index contributed by atoms with van der Waals surface area (Å²) < 4.78 is 25.1. The zero-order valence-electron chi connectivity index (χ0n) is 7.37. The predicted molar refractivity (Wildman–Crippen MR) is 47.4 cm³/mol. The Bertz CT molecular complexity index is 331. The second-order valence-electron chi connectivity index (χ2n) is 2.72. The molecule has 1 rings (SSSR count). The van der Waals surface area contributed by atoms with E-state index in [0.29, 0.717) is 0 Å². The molecule has 0 bridgehead atoms. The van der Waals surface area contributed by atoms with Crippen molar-refractivity contribution in [1.29, 1.82) is 0 Å². The van der Waals surface area contributed by atoms with Crippen LogP contribution >= 0.6 is 0 Å². The highest BCUT2D eigenvalue weighted by molar-refractivity contribution is 5.51. The van der Waals surface area contributed by atoms with Crippen molar-refractivity contribution in [1.82, 2.24) is 4.98 Å². The maximum absolute atomic E-state index is 12.5. The van der Waals surface area contributed by atoms with Crippen LogP contribution in [0.25, 0.3) is 0 Å². The molecule has 5 N–H and O–H groups in total. The fourth-order valence-electron chi connectivity index (χ4n) is 1.25. The van der Waals surface area contributed by atoms with E-state index in [1.54, 1.807) is 0 Å². The molecule has 1 aromatic rings. The number of nitrogens with zero attached hydrogens (tertiary/aromatic N) is 1. The van der Waals surface area contributed by atoms with E-state index in [1.165, 1.54) is 0 Å². The van der Waals surface area contributed by atoms with Crippen molar-refractivity contribution in [3.8, 4) is 0 Å². The molecular formula is C8H11F2N3O. The number of halogens is 2. The quantitative estimate of drug-likeness (QED) is 0.669. The van der Waals surface area contributed by atoms with Crippen molar-refractivity contribution < 1.29 is 13.9 Å². The van der Waals surface area contributed by atoms with E-state index in [1.807, 2.05) is 0 Å². The second kappa shape index (κ2) is 4.30. The van der Waals surface area contributed by atoms with Crippen LogP contribution < -0.4 is 11.5 Å². The summed E-state index contributed by atoms with van der Waals surface area (Å²) >= 11 is 0. The van der Waals surface area contributed by atoms with Gasteiger partial charge < -0.3 is 16.6 Å². The van der Waals surface area contributed by atoms with Gasteiger partial charge in [-0.3, -0.25) is 4.98 Å². The summed E-state index contributed by atoms with van der Waals surface area (Å²) in [7, 11) is 0. The fraction of sp³-hybridized carbons (Fsp3) is 0.375. The number of pyridine rings is 1. The van der Waals surface area contributed by atoms with Gasteiger partial charge in [0.25, 0.3) is 6.43 Å². The SMILES string of the molecule is NCc1c(CO)ncc(N)c1C(F)F. The van der Waals surface area contributed by atoms with Crippen LogP contribution in [0.15, 0.2) is 6.20 Å². The summed E-state index contributed by atoms with van der Waals surface area (Å²) in [4.78, 5) is 3.72. The lowest BCUT2D eigenvalue weighted by Gasteiger charge is -2.12. The van der Waals surface area contributed by atoms with Gasteiger partial charge in [0, 0.05) is 17.7 Å². The Hall–Kier alpha value is -1.27. The number of hydrogen-bond acceptors (Lipinski definition) is 4. The van der Waals surface area contributed by atoms with Gasteiger partial charge in [-0.2, -0.15) is 0 Å². The van der Waals surface area contributed by atoms with Crippen LogP contribution in [-0.2, 0) is 13.2 Å². The average molecular weight is 203 g/mol. The Morgan fingerprint density at radius 2 is 2.14 bits per heavy atom. The summed E-state index contributed by atoms with van der Waals surface area (Å²) in [5.41, 5.74) is 10.5. The minimum atomic E-state index is -2.71. The first-order chi connectivity index (χ1) is 6.61. The van der Waals surface area contributed by atoms with E-state index in [-0.39, 0.29) is 29.1 Å². The van der Waals surface area contributed by atoms with Gasteiger partial charge in [-0.15, -0.1) is 0 Å². The lowest BCUT2D eigenvalue weighted by molar-refractivity contribution is 0.150. The second-order valence-corrected chi connectivity index (χ2v) is 2.72. The topological polar surface area (TPSA) is 85.2 Å². The lowest BCUT2D eigenvalue weighted by Crippen LogP contribution is -2.11. The number of hydrogen-bond donors (Lipinski definition) is 3. The number of aliphatic hydroxyl groups is 1. The van der Waals surface area contributed by atoms with Gasteiger partial charge in [0.2, 0.25) is 0 Å². The van der Waals surface area contributed by atoms with Gasteiger partial charge >= 0.3 is 0 Å². The highest BCUT2D eigenvalue weighted by atomic mass is 19.3. The first kappa shape index (κ1) is 10.8. The third-order valence-electron chi connectivity index (χ3n) is 1.92. The van der Waals surface area contributed by atoms with Gasteiger partial charge in [0.15, 0.2) is 0 Å². The van der Waals surface area contributed by atoms with E-state index in [9.17, 15) is 8.78 Å². The van der Waals surface area contributed by atoms with Crippen LogP contribution in [0.4, 0.5) is 14.5 Å².